The SMILES string of the molecule is C[C@H](N)[C@@H]1C[C@@H]1c1ccccc1C(F)(F)F. The van der Waals surface area contributed by atoms with Crippen LogP contribution in [-0.4, -0.2) is 6.04 Å². The summed E-state index contributed by atoms with van der Waals surface area (Å²) in [6, 6.07) is 5.75. The van der Waals surface area contributed by atoms with Gasteiger partial charge in [-0.2, -0.15) is 13.2 Å². The maximum absolute atomic E-state index is 12.7. The Morgan fingerprint density at radius 2 is 1.94 bits per heavy atom. The van der Waals surface area contributed by atoms with E-state index in [1.807, 2.05) is 6.92 Å². The molecule has 1 fully saturated rings. The fraction of sp³-hybridized carbons (Fsp3) is 0.500. The molecule has 1 aliphatic carbocycles. The molecule has 1 aromatic rings. The predicted octanol–water partition coefficient (Wildman–Crippen LogP) is 3.16. The summed E-state index contributed by atoms with van der Waals surface area (Å²) in [5.41, 5.74) is 5.59. The van der Waals surface area contributed by atoms with Gasteiger partial charge in [-0.15, -0.1) is 0 Å². The maximum atomic E-state index is 12.7. The predicted molar refractivity (Wildman–Crippen MR) is 55.9 cm³/mol. The Balaban J connectivity index is 2.29. The Hall–Kier alpha value is -1.03. The summed E-state index contributed by atoms with van der Waals surface area (Å²) in [5, 5.41) is 0. The van der Waals surface area contributed by atoms with Crippen molar-refractivity contribution in [1.82, 2.24) is 0 Å². The number of hydrogen-bond donors (Lipinski definition) is 1. The van der Waals surface area contributed by atoms with E-state index in [-0.39, 0.29) is 17.9 Å². The molecule has 0 radical (unpaired) electrons. The van der Waals surface area contributed by atoms with E-state index in [2.05, 4.69) is 0 Å². The normalized spacial score (nSPS) is 26.6. The number of hydrogen-bond acceptors (Lipinski definition) is 1. The van der Waals surface area contributed by atoms with Crippen LogP contribution in [0.4, 0.5) is 13.2 Å². The molecule has 0 spiro atoms. The van der Waals surface area contributed by atoms with Crippen molar-refractivity contribution in [1.29, 1.82) is 0 Å². The Morgan fingerprint density at radius 1 is 1.31 bits per heavy atom. The molecule has 0 saturated heterocycles. The summed E-state index contributed by atoms with van der Waals surface area (Å²) in [6.07, 6.45) is -3.49. The molecule has 0 amide bonds. The van der Waals surface area contributed by atoms with Crippen LogP contribution in [0.3, 0.4) is 0 Å². The topological polar surface area (TPSA) is 26.0 Å². The lowest BCUT2D eigenvalue weighted by atomic mass is 10.0. The third-order valence-electron chi connectivity index (χ3n) is 3.18. The van der Waals surface area contributed by atoms with Gasteiger partial charge in [-0.05, 0) is 36.8 Å². The van der Waals surface area contributed by atoms with Crippen molar-refractivity contribution in [3.63, 3.8) is 0 Å². The number of nitrogens with two attached hydrogens (primary N) is 1. The van der Waals surface area contributed by atoms with Gasteiger partial charge in [0.2, 0.25) is 0 Å². The Labute approximate surface area is 92.5 Å². The molecule has 3 atom stereocenters. The van der Waals surface area contributed by atoms with Gasteiger partial charge in [-0.3, -0.25) is 0 Å². The lowest BCUT2D eigenvalue weighted by molar-refractivity contribution is -0.138. The molecule has 0 unspecified atom stereocenters. The first-order valence-electron chi connectivity index (χ1n) is 5.33. The minimum atomic E-state index is -4.26. The van der Waals surface area contributed by atoms with Crippen LogP contribution in [0.1, 0.15) is 30.4 Å². The number of benzene rings is 1. The summed E-state index contributed by atoms with van der Waals surface area (Å²) < 4.78 is 38.2. The zero-order valence-corrected chi connectivity index (χ0v) is 8.96. The minimum absolute atomic E-state index is 0.0159. The highest BCUT2D eigenvalue weighted by Gasteiger charge is 2.45. The molecule has 1 saturated carbocycles. The molecule has 1 aromatic carbocycles. The van der Waals surface area contributed by atoms with Gasteiger partial charge in [0.25, 0.3) is 0 Å². The standard InChI is InChI=1S/C12H14F3N/c1-7(16)9-6-10(9)8-4-2-3-5-11(8)12(13,14)15/h2-5,7,9-10H,6,16H2,1H3/t7-,9-,10+/m0/s1. The van der Waals surface area contributed by atoms with Crippen molar-refractivity contribution in [3.05, 3.63) is 35.4 Å². The Bertz CT molecular complexity index is 384. The van der Waals surface area contributed by atoms with Crippen LogP contribution in [0.5, 0.6) is 0 Å². The van der Waals surface area contributed by atoms with Crippen LogP contribution in [0.15, 0.2) is 24.3 Å². The molecule has 2 N–H and O–H groups in total. The first kappa shape index (κ1) is 11.5. The molecule has 0 aliphatic heterocycles. The molecule has 1 aliphatic rings. The van der Waals surface area contributed by atoms with Gasteiger partial charge in [0, 0.05) is 6.04 Å². The number of rotatable bonds is 2. The highest BCUT2D eigenvalue weighted by Crippen LogP contribution is 2.51. The largest absolute Gasteiger partial charge is 0.416 e. The van der Waals surface area contributed by atoms with Crippen LogP contribution >= 0.6 is 0 Å². The Morgan fingerprint density at radius 3 is 2.44 bits per heavy atom. The quantitative estimate of drug-likeness (QED) is 0.828. The van der Waals surface area contributed by atoms with Gasteiger partial charge in [0.05, 0.1) is 5.56 Å². The zero-order chi connectivity index (χ0) is 11.9. The minimum Gasteiger partial charge on any atom is -0.328 e. The highest BCUT2D eigenvalue weighted by molar-refractivity contribution is 5.36. The summed E-state index contributed by atoms with van der Waals surface area (Å²) in [7, 11) is 0. The monoisotopic (exact) mass is 229 g/mol. The number of halogens is 3. The van der Waals surface area contributed by atoms with Crippen molar-refractivity contribution >= 4 is 0 Å². The molecule has 4 heteroatoms. The van der Waals surface area contributed by atoms with Crippen LogP contribution in [0.25, 0.3) is 0 Å². The van der Waals surface area contributed by atoms with Crippen LogP contribution in [0.2, 0.25) is 0 Å². The lowest BCUT2D eigenvalue weighted by Crippen LogP contribution is -2.18. The summed E-state index contributed by atoms with van der Waals surface area (Å²) in [4.78, 5) is 0. The Kier molecular flexibility index (Phi) is 2.70. The van der Waals surface area contributed by atoms with Gasteiger partial charge in [0.1, 0.15) is 0 Å². The summed E-state index contributed by atoms with van der Waals surface area (Å²) >= 11 is 0. The van der Waals surface area contributed by atoms with E-state index in [0.717, 1.165) is 12.5 Å². The third kappa shape index (κ3) is 2.07. The van der Waals surface area contributed by atoms with Crippen molar-refractivity contribution < 1.29 is 13.2 Å². The number of alkyl halides is 3. The average Bonchev–Trinajstić information content (AvgIpc) is 2.95. The first-order chi connectivity index (χ1) is 7.41. The average molecular weight is 229 g/mol. The van der Waals surface area contributed by atoms with Crippen molar-refractivity contribution in [2.45, 2.75) is 31.5 Å². The molecular formula is C12H14F3N. The molecule has 1 nitrogen and oxygen atoms in total. The molecule has 0 heterocycles. The van der Waals surface area contributed by atoms with Gasteiger partial charge in [-0.1, -0.05) is 18.2 Å². The van der Waals surface area contributed by atoms with E-state index in [1.54, 1.807) is 12.1 Å². The molecule has 16 heavy (non-hydrogen) atoms. The van der Waals surface area contributed by atoms with E-state index >= 15 is 0 Å². The van der Waals surface area contributed by atoms with Crippen LogP contribution < -0.4 is 5.73 Å². The molecule has 0 bridgehead atoms. The second-order valence-electron chi connectivity index (χ2n) is 4.45. The second kappa shape index (κ2) is 3.77. The van der Waals surface area contributed by atoms with E-state index in [1.165, 1.54) is 6.07 Å². The molecule has 0 aromatic heterocycles. The van der Waals surface area contributed by atoms with E-state index in [9.17, 15) is 13.2 Å². The molecule has 2 rings (SSSR count). The van der Waals surface area contributed by atoms with Crippen LogP contribution in [0, 0.1) is 5.92 Å². The van der Waals surface area contributed by atoms with E-state index in [0.29, 0.717) is 5.56 Å². The molecule has 88 valence electrons. The second-order valence-corrected chi connectivity index (χ2v) is 4.45. The summed E-state index contributed by atoms with van der Waals surface area (Å²) in [5.74, 6) is 0.182. The lowest BCUT2D eigenvalue weighted by Gasteiger charge is -2.13. The van der Waals surface area contributed by atoms with Gasteiger partial charge in [-0.25, -0.2) is 0 Å². The fourth-order valence-corrected chi connectivity index (χ4v) is 2.23. The smallest absolute Gasteiger partial charge is 0.328 e. The maximum Gasteiger partial charge on any atom is 0.416 e. The highest BCUT2D eigenvalue weighted by atomic mass is 19.4. The summed E-state index contributed by atoms with van der Waals surface area (Å²) in [6.45, 7) is 1.85. The molecular weight excluding hydrogens is 215 g/mol. The van der Waals surface area contributed by atoms with Crippen molar-refractivity contribution in [3.8, 4) is 0 Å². The van der Waals surface area contributed by atoms with Crippen molar-refractivity contribution in [2.75, 3.05) is 0 Å². The first-order valence-corrected chi connectivity index (χ1v) is 5.33. The third-order valence-corrected chi connectivity index (χ3v) is 3.18. The zero-order valence-electron chi connectivity index (χ0n) is 8.96. The van der Waals surface area contributed by atoms with Gasteiger partial charge in [0.15, 0.2) is 0 Å². The van der Waals surface area contributed by atoms with E-state index < -0.39 is 11.7 Å². The fourth-order valence-electron chi connectivity index (χ4n) is 2.23. The van der Waals surface area contributed by atoms with Crippen molar-refractivity contribution in [2.24, 2.45) is 11.7 Å². The van der Waals surface area contributed by atoms with Crippen LogP contribution in [-0.2, 0) is 6.18 Å². The van der Waals surface area contributed by atoms with Gasteiger partial charge >= 0.3 is 6.18 Å². The van der Waals surface area contributed by atoms with E-state index in [4.69, 9.17) is 5.73 Å². The van der Waals surface area contributed by atoms with Gasteiger partial charge < -0.3 is 5.73 Å².